The fourth-order valence-corrected chi connectivity index (χ4v) is 4.70. The molecule has 0 atom stereocenters. The van der Waals surface area contributed by atoms with Gasteiger partial charge in [-0.15, -0.1) is 11.3 Å². The van der Waals surface area contributed by atoms with Crippen LogP contribution < -0.4 is 0 Å². The van der Waals surface area contributed by atoms with Crippen molar-refractivity contribution in [3.63, 3.8) is 0 Å². The monoisotopic (exact) mass is 315 g/mol. The molecule has 0 spiro atoms. The number of halogens is 1. The Morgan fingerprint density at radius 1 is 1.00 bits per heavy atom. The molecule has 4 heteroatoms. The minimum atomic E-state index is 0.756. The first kappa shape index (κ1) is 12.5. The average molecular weight is 316 g/mol. The molecule has 0 aliphatic carbocycles. The molecule has 1 aliphatic heterocycles. The Morgan fingerprint density at radius 2 is 1.80 bits per heavy atom. The second-order valence-electron chi connectivity index (χ2n) is 4.65. The summed E-state index contributed by atoms with van der Waals surface area (Å²) in [6.45, 7) is 2.05. The molecule has 0 fully saturated rings. The fourth-order valence-electron chi connectivity index (χ4n) is 2.43. The van der Waals surface area contributed by atoms with Crippen LogP contribution >= 0.6 is 34.7 Å². The molecule has 0 radical (unpaired) electrons. The van der Waals surface area contributed by atoms with Crippen LogP contribution in [0.3, 0.4) is 0 Å². The minimum absolute atomic E-state index is 0.756. The molecule has 0 saturated carbocycles. The van der Waals surface area contributed by atoms with Crippen molar-refractivity contribution in [2.75, 3.05) is 0 Å². The maximum absolute atomic E-state index is 6.18. The number of benzene rings is 2. The lowest BCUT2D eigenvalue weighted by Crippen LogP contribution is -1.83. The topological polar surface area (TPSA) is 12.9 Å². The number of thiazole rings is 1. The van der Waals surface area contributed by atoms with E-state index in [2.05, 4.69) is 37.3 Å². The summed E-state index contributed by atoms with van der Waals surface area (Å²) in [5.41, 5.74) is 3.46. The predicted molar refractivity (Wildman–Crippen MR) is 86.9 cm³/mol. The molecule has 4 rings (SSSR count). The molecule has 0 saturated heterocycles. The van der Waals surface area contributed by atoms with Gasteiger partial charge in [0.15, 0.2) is 0 Å². The van der Waals surface area contributed by atoms with Crippen molar-refractivity contribution in [3.8, 4) is 21.7 Å². The van der Waals surface area contributed by atoms with Crippen molar-refractivity contribution in [1.29, 1.82) is 0 Å². The Hall–Kier alpha value is -1.29. The van der Waals surface area contributed by atoms with Gasteiger partial charge >= 0.3 is 0 Å². The zero-order chi connectivity index (χ0) is 13.7. The number of hydrogen-bond acceptors (Lipinski definition) is 3. The fraction of sp³-hybridized carbons (Fsp3) is 0.0625. The molecule has 1 aliphatic rings. The normalized spacial score (nSPS) is 12.3. The van der Waals surface area contributed by atoms with E-state index in [1.54, 1.807) is 23.1 Å². The van der Waals surface area contributed by atoms with Crippen molar-refractivity contribution in [2.24, 2.45) is 0 Å². The minimum Gasteiger partial charge on any atom is -0.241 e. The third-order valence-electron chi connectivity index (χ3n) is 3.28. The Bertz CT molecular complexity index is 823. The number of hydrogen-bond donors (Lipinski definition) is 0. The highest BCUT2D eigenvalue weighted by Gasteiger charge is 2.23. The van der Waals surface area contributed by atoms with Crippen LogP contribution in [0.1, 0.15) is 5.01 Å². The van der Waals surface area contributed by atoms with E-state index in [1.807, 2.05) is 12.1 Å². The summed E-state index contributed by atoms with van der Waals surface area (Å²) < 4.78 is 0. The summed E-state index contributed by atoms with van der Waals surface area (Å²) in [6.07, 6.45) is 0. The van der Waals surface area contributed by atoms with Gasteiger partial charge in [-0.05, 0) is 31.2 Å². The standard InChI is InChI=1S/C16H10ClNS2/c1-9-18-15-12-8-10(17)6-7-14(12)20-13-5-3-2-4-11(13)16(15)19-9/h2-8H,1H3. The predicted octanol–water partition coefficient (Wildman–Crippen LogP) is 5.90. The van der Waals surface area contributed by atoms with Crippen molar-refractivity contribution in [2.45, 2.75) is 16.7 Å². The lowest BCUT2D eigenvalue weighted by atomic mass is 10.1. The number of aryl methyl sites for hydroxylation is 1. The first-order valence-electron chi connectivity index (χ1n) is 6.27. The number of fused-ring (bicyclic) bond motifs is 5. The summed E-state index contributed by atoms with van der Waals surface area (Å²) >= 11 is 9.72. The molecule has 0 amide bonds. The van der Waals surface area contributed by atoms with Gasteiger partial charge in [0.05, 0.1) is 15.6 Å². The first-order valence-corrected chi connectivity index (χ1v) is 8.28. The summed E-state index contributed by atoms with van der Waals surface area (Å²) in [7, 11) is 0. The third kappa shape index (κ3) is 1.89. The van der Waals surface area contributed by atoms with Gasteiger partial charge in [0.25, 0.3) is 0 Å². The average Bonchev–Trinajstić information content (AvgIpc) is 2.78. The van der Waals surface area contributed by atoms with Gasteiger partial charge in [-0.2, -0.15) is 0 Å². The zero-order valence-corrected chi connectivity index (χ0v) is 13.1. The number of aromatic nitrogens is 1. The molecule has 20 heavy (non-hydrogen) atoms. The molecule has 0 bridgehead atoms. The van der Waals surface area contributed by atoms with Gasteiger partial charge in [0, 0.05) is 25.9 Å². The molecular formula is C16H10ClNS2. The molecule has 0 N–H and O–H groups in total. The van der Waals surface area contributed by atoms with Crippen molar-refractivity contribution >= 4 is 34.7 Å². The van der Waals surface area contributed by atoms with E-state index in [1.165, 1.54) is 20.2 Å². The van der Waals surface area contributed by atoms with Gasteiger partial charge in [0.2, 0.25) is 0 Å². The van der Waals surface area contributed by atoms with E-state index < -0.39 is 0 Å². The Morgan fingerprint density at radius 3 is 2.70 bits per heavy atom. The number of nitrogens with zero attached hydrogens (tertiary/aromatic N) is 1. The van der Waals surface area contributed by atoms with Crippen LogP contribution in [0.2, 0.25) is 5.02 Å². The van der Waals surface area contributed by atoms with Crippen molar-refractivity contribution in [1.82, 2.24) is 4.98 Å². The molecule has 1 nitrogen and oxygen atoms in total. The van der Waals surface area contributed by atoms with Crippen LogP contribution in [-0.2, 0) is 0 Å². The second-order valence-corrected chi connectivity index (χ2v) is 7.37. The molecule has 1 aromatic heterocycles. The van der Waals surface area contributed by atoms with Crippen LogP contribution in [0.15, 0.2) is 52.3 Å². The van der Waals surface area contributed by atoms with Crippen LogP contribution in [-0.4, -0.2) is 4.98 Å². The molecule has 0 unspecified atom stereocenters. The van der Waals surface area contributed by atoms with Gasteiger partial charge < -0.3 is 0 Å². The maximum atomic E-state index is 6.18. The van der Waals surface area contributed by atoms with Gasteiger partial charge in [-0.3, -0.25) is 0 Å². The summed E-state index contributed by atoms with van der Waals surface area (Å²) in [5, 5.41) is 1.84. The van der Waals surface area contributed by atoms with E-state index in [9.17, 15) is 0 Å². The second kappa shape index (κ2) is 4.62. The molecule has 98 valence electrons. The summed E-state index contributed by atoms with van der Waals surface area (Å²) in [4.78, 5) is 8.47. The van der Waals surface area contributed by atoms with E-state index in [0.717, 1.165) is 21.3 Å². The maximum Gasteiger partial charge on any atom is 0.0908 e. The van der Waals surface area contributed by atoms with Crippen molar-refractivity contribution in [3.05, 3.63) is 52.5 Å². The van der Waals surface area contributed by atoms with Gasteiger partial charge in [-0.1, -0.05) is 41.6 Å². The summed E-state index contributed by atoms with van der Waals surface area (Å²) in [6, 6.07) is 14.6. The van der Waals surface area contributed by atoms with Crippen LogP contribution in [0.25, 0.3) is 21.7 Å². The Labute approximate surface area is 130 Å². The number of rotatable bonds is 0. The largest absolute Gasteiger partial charge is 0.241 e. The SMILES string of the molecule is Cc1nc2c(s1)-c1ccccc1Sc1ccc(Cl)cc1-2. The molecular weight excluding hydrogens is 306 g/mol. The highest BCUT2D eigenvalue weighted by Crippen LogP contribution is 2.49. The lowest BCUT2D eigenvalue weighted by molar-refractivity contribution is 1.28. The molecule has 2 aromatic carbocycles. The lowest BCUT2D eigenvalue weighted by Gasteiger charge is -2.05. The smallest absolute Gasteiger partial charge is 0.0908 e. The quantitative estimate of drug-likeness (QED) is 0.400. The Balaban J connectivity index is 2.11. The zero-order valence-electron chi connectivity index (χ0n) is 10.7. The summed E-state index contributed by atoms with van der Waals surface area (Å²) in [5.74, 6) is 0. The van der Waals surface area contributed by atoms with Crippen LogP contribution in [0, 0.1) is 6.92 Å². The first-order chi connectivity index (χ1) is 9.72. The third-order valence-corrected chi connectivity index (χ3v) is 5.67. The van der Waals surface area contributed by atoms with Crippen LogP contribution in [0.5, 0.6) is 0 Å². The van der Waals surface area contributed by atoms with Crippen molar-refractivity contribution < 1.29 is 0 Å². The van der Waals surface area contributed by atoms with E-state index in [4.69, 9.17) is 16.6 Å². The van der Waals surface area contributed by atoms with Gasteiger partial charge in [0.1, 0.15) is 0 Å². The van der Waals surface area contributed by atoms with Crippen LogP contribution in [0.4, 0.5) is 0 Å². The highest BCUT2D eigenvalue weighted by atomic mass is 35.5. The van der Waals surface area contributed by atoms with E-state index in [0.29, 0.717) is 0 Å². The Kier molecular flexibility index (Phi) is 2.88. The van der Waals surface area contributed by atoms with E-state index in [-0.39, 0.29) is 0 Å². The van der Waals surface area contributed by atoms with E-state index >= 15 is 0 Å². The molecule has 3 aromatic rings. The molecule has 2 heterocycles. The highest BCUT2D eigenvalue weighted by molar-refractivity contribution is 7.99. The van der Waals surface area contributed by atoms with Gasteiger partial charge in [-0.25, -0.2) is 4.98 Å².